The minimum Gasteiger partial charge on any atom is -0.463 e. The summed E-state index contributed by atoms with van der Waals surface area (Å²) in [6, 6.07) is 9.99. The minimum atomic E-state index is -0.433. The van der Waals surface area contributed by atoms with Crippen molar-refractivity contribution in [3.8, 4) is 12.1 Å². The largest absolute Gasteiger partial charge is 0.463 e. The molecule has 14 heteroatoms. The molecule has 2 rings (SSSR count). The van der Waals surface area contributed by atoms with Crippen LogP contribution in [0, 0.1) is 48.3 Å². The number of carbonyl (C=O) groups is 3. The Kier molecular flexibility index (Phi) is 28.5. The fourth-order valence-electron chi connectivity index (χ4n) is 5.91. The number of unbranched alkanes of at least 4 members (excludes halogenated alkanes) is 4. The number of anilines is 1. The van der Waals surface area contributed by atoms with E-state index in [9.17, 15) is 24.9 Å². The molecular formula is C48H65N5O8S. The van der Waals surface area contributed by atoms with Crippen LogP contribution in [0.2, 0.25) is 0 Å². The number of nitriles is 2. The predicted molar refractivity (Wildman–Crippen MR) is 244 cm³/mol. The third-order valence-electron chi connectivity index (χ3n) is 9.51. The second-order valence-electron chi connectivity index (χ2n) is 14.7. The maximum Gasteiger partial charge on any atom is 0.306 e. The molecule has 2 unspecified atom stereocenters. The minimum absolute atomic E-state index is 0.0299. The van der Waals surface area contributed by atoms with Crippen LogP contribution in [0.4, 0.5) is 16.4 Å². The number of aldehydes is 1. The molecule has 2 aromatic rings. The van der Waals surface area contributed by atoms with E-state index in [1.54, 1.807) is 6.92 Å². The molecule has 0 aliphatic carbocycles. The predicted octanol–water partition coefficient (Wildman–Crippen LogP) is 10.3. The Morgan fingerprint density at radius 3 is 1.92 bits per heavy atom. The zero-order chi connectivity index (χ0) is 45.2. The molecule has 0 aliphatic heterocycles. The third kappa shape index (κ3) is 22.6. The van der Waals surface area contributed by atoms with Gasteiger partial charge in [0, 0.05) is 31.1 Å². The summed E-state index contributed by atoms with van der Waals surface area (Å²) in [6.07, 6.45) is 20.5. The van der Waals surface area contributed by atoms with E-state index < -0.39 is 11.9 Å². The number of ether oxygens (including phenoxy) is 5. The lowest BCUT2D eigenvalue weighted by Crippen LogP contribution is -2.31. The van der Waals surface area contributed by atoms with Gasteiger partial charge in [-0.25, -0.2) is 0 Å². The van der Waals surface area contributed by atoms with Gasteiger partial charge >= 0.3 is 11.9 Å². The number of carbonyl (C=O) groups excluding carboxylic acids is 3. The molecule has 2 atom stereocenters. The van der Waals surface area contributed by atoms with Gasteiger partial charge in [0.2, 0.25) is 0 Å². The number of benzene rings is 1. The number of esters is 2. The molecule has 0 bridgehead atoms. The summed E-state index contributed by atoms with van der Waals surface area (Å²) in [5, 5.41) is 28.1. The Hall–Kier alpha value is -5.25. The molecule has 1 aromatic carbocycles. The molecular weight excluding hydrogens is 807 g/mol. The van der Waals surface area contributed by atoms with E-state index in [0.29, 0.717) is 79.1 Å². The first-order valence-corrected chi connectivity index (χ1v) is 22.2. The maximum atomic E-state index is 12.4. The van der Waals surface area contributed by atoms with Crippen molar-refractivity contribution >= 4 is 45.9 Å². The first kappa shape index (κ1) is 52.9. The highest BCUT2D eigenvalue weighted by atomic mass is 32.1. The highest BCUT2D eigenvalue weighted by Crippen LogP contribution is 2.36. The molecule has 336 valence electrons. The highest BCUT2D eigenvalue weighted by Gasteiger charge is 2.16. The van der Waals surface area contributed by atoms with Crippen molar-refractivity contribution in [3.63, 3.8) is 0 Å². The van der Waals surface area contributed by atoms with Gasteiger partial charge in [-0.3, -0.25) is 9.59 Å². The number of thiophene rings is 1. The lowest BCUT2D eigenvalue weighted by molar-refractivity contribution is -0.147. The monoisotopic (exact) mass is 871 g/mol. The van der Waals surface area contributed by atoms with Crippen LogP contribution in [0.25, 0.3) is 0 Å². The van der Waals surface area contributed by atoms with Crippen LogP contribution in [-0.2, 0) is 38.1 Å². The van der Waals surface area contributed by atoms with E-state index in [2.05, 4.69) is 52.6 Å². The van der Waals surface area contributed by atoms with Crippen molar-refractivity contribution in [2.24, 2.45) is 22.1 Å². The van der Waals surface area contributed by atoms with Crippen LogP contribution in [-0.4, -0.2) is 84.2 Å². The van der Waals surface area contributed by atoms with Crippen LogP contribution in [0.15, 0.2) is 78.0 Å². The average Bonchev–Trinajstić information content (AvgIpc) is 3.58. The summed E-state index contributed by atoms with van der Waals surface area (Å²) in [5.74, 6) is -0.890. The van der Waals surface area contributed by atoms with Crippen LogP contribution < -0.4 is 4.90 Å². The van der Waals surface area contributed by atoms with Crippen LogP contribution in [0.1, 0.15) is 92.7 Å². The zero-order valence-corrected chi connectivity index (χ0v) is 37.7. The number of rotatable bonds is 35. The Morgan fingerprint density at radius 2 is 1.35 bits per heavy atom. The smallest absolute Gasteiger partial charge is 0.306 e. The summed E-state index contributed by atoms with van der Waals surface area (Å²) < 4.78 is 28.0. The van der Waals surface area contributed by atoms with Crippen molar-refractivity contribution in [1.29, 1.82) is 10.5 Å². The number of hydrogen-bond acceptors (Lipinski definition) is 14. The average molecular weight is 872 g/mol. The van der Waals surface area contributed by atoms with E-state index in [-0.39, 0.29) is 44.7 Å². The molecule has 0 fully saturated rings. The SMILES string of the molecule is C=CCCC/C=C/CC(C)CC(=O)OCCOCCN(CCOCCOCCOC(=O)CC(C=O)C/C=C/CCCC=C)c1ccc(/N=N/c2sc(C#N)c(C)c2C#N)c(C)c1. The standard InChI is InChI=1S/C48H65N5O8S/c1-6-8-10-12-14-16-18-38(3)32-46(55)60-30-28-58-25-23-53(42-20-21-44(39(4)33-42)51-52-48-43(35-49)40(5)45(36-50)62-48)22-24-57-26-27-59-29-31-61-47(56)34-41(37-54)19-17-15-13-11-9-7-2/h6-7,14-17,20-21,33,37-38,41H,1-2,8-13,18-19,22-32,34H2,3-5H3/b16-14+,17-15+,52-51+. The number of nitrogens with zero attached hydrogens (tertiary/aromatic N) is 5. The molecule has 1 heterocycles. The first-order chi connectivity index (χ1) is 30.2. The van der Waals surface area contributed by atoms with Crippen molar-refractivity contribution in [3.05, 3.63) is 89.4 Å². The van der Waals surface area contributed by atoms with E-state index >= 15 is 0 Å². The number of aryl methyl sites for hydroxylation is 1. The molecule has 0 N–H and O–H groups in total. The quantitative estimate of drug-likeness (QED) is 0.0212. The lowest BCUT2D eigenvalue weighted by atomic mass is 10.0. The van der Waals surface area contributed by atoms with Gasteiger partial charge in [0.25, 0.3) is 0 Å². The van der Waals surface area contributed by atoms with Crippen LogP contribution in [0.3, 0.4) is 0 Å². The first-order valence-electron chi connectivity index (χ1n) is 21.4. The zero-order valence-electron chi connectivity index (χ0n) is 36.9. The van der Waals surface area contributed by atoms with Crippen molar-refractivity contribution in [2.75, 3.05) is 70.8 Å². The number of azo groups is 1. The maximum absolute atomic E-state index is 12.4. The second kappa shape index (κ2) is 33.4. The van der Waals surface area contributed by atoms with Gasteiger partial charge in [-0.2, -0.15) is 10.5 Å². The van der Waals surface area contributed by atoms with Gasteiger partial charge in [0.15, 0.2) is 5.00 Å². The van der Waals surface area contributed by atoms with Gasteiger partial charge in [-0.1, -0.05) is 43.4 Å². The van der Waals surface area contributed by atoms with Crippen molar-refractivity contribution in [2.45, 2.75) is 85.0 Å². The summed E-state index contributed by atoms with van der Waals surface area (Å²) in [5.41, 5.74) is 3.35. The van der Waals surface area contributed by atoms with Crippen molar-refractivity contribution in [1.82, 2.24) is 0 Å². The normalized spacial score (nSPS) is 12.3. The molecule has 0 amide bonds. The van der Waals surface area contributed by atoms with Gasteiger partial charge in [0.1, 0.15) is 36.5 Å². The summed E-state index contributed by atoms with van der Waals surface area (Å²) in [7, 11) is 0. The van der Waals surface area contributed by atoms with Gasteiger partial charge < -0.3 is 33.4 Å². The van der Waals surface area contributed by atoms with E-state index in [4.69, 9.17) is 23.7 Å². The summed E-state index contributed by atoms with van der Waals surface area (Å²) in [4.78, 5) is 38.5. The van der Waals surface area contributed by atoms with Crippen LogP contribution >= 0.6 is 11.3 Å². The molecule has 13 nitrogen and oxygen atoms in total. The third-order valence-corrected chi connectivity index (χ3v) is 10.6. The molecule has 62 heavy (non-hydrogen) atoms. The summed E-state index contributed by atoms with van der Waals surface area (Å²) >= 11 is 1.14. The highest BCUT2D eigenvalue weighted by molar-refractivity contribution is 7.16. The van der Waals surface area contributed by atoms with Crippen molar-refractivity contribution < 1.29 is 38.1 Å². The topological polar surface area (TPSA) is 173 Å². The molecule has 0 saturated heterocycles. The Balaban J connectivity index is 1.85. The Labute approximate surface area is 372 Å². The Bertz CT molecular complexity index is 1840. The van der Waals surface area contributed by atoms with E-state index in [1.165, 1.54) is 0 Å². The van der Waals surface area contributed by atoms with Gasteiger partial charge in [0.05, 0.1) is 57.3 Å². The Morgan fingerprint density at radius 1 is 0.774 bits per heavy atom. The molecule has 0 saturated carbocycles. The van der Waals surface area contributed by atoms with Gasteiger partial charge in [-0.05, 0) is 100 Å². The fourth-order valence-corrected chi connectivity index (χ4v) is 6.79. The van der Waals surface area contributed by atoms with E-state index in [1.807, 2.05) is 56.4 Å². The molecule has 0 spiro atoms. The van der Waals surface area contributed by atoms with E-state index in [0.717, 1.165) is 73.8 Å². The molecule has 1 aromatic heterocycles. The lowest BCUT2D eigenvalue weighted by Gasteiger charge is -2.25. The second-order valence-corrected chi connectivity index (χ2v) is 15.7. The number of allylic oxidation sites excluding steroid dienone is 6. The summed E-state index contributed by atoms with van der Waals surface area (Å²) in [6.45, 7) is 16.4. The van der Waals surface area contributed by atoms with Crippen LogP contribution in [0.5, 0.6) is 0 Å². The van der Waals surface area contributed by atoms with Gasteiger partial charge in [-0.15, -0.1) is 34.7 Å². The fraction of sp³-hybridized carbons (Fsp3) is 0.521. The number of hydrogen-bond donors (Lipinski definition) is 0. The molecule has 0 aliphatic rings. The molecule has 0 radical (unpaired) electrons.